The number of ether oxygens (including phenoxy) is 1. The van der Waals surface area contributed by atoms with Crippen molar-refractivity contribution in [1.82, 2.24) is 9.78 Å². The summed E-state index contributed by atoms with van der Waals surface area (Å²) in [6.07, 6.45) is 0. The van der Waals surface area contributed by atoms with E-state index in [1.807, 2.05) is 38.2 Å². The minimum atomic E-state index is 0.382. The number of hydrogen-bond acceptors (Lipinski definition) is 2. The van der Waals surface area contributed by atoms with Gasteiger partial charge in [0, 0.05) is 7.05 Å². The highest BCUT2D eigenvalue weighted by molar-refractivity contribution is 9.10. The van der Waals surface area contributed by atoms with E-state index in [0.29, 0.717) is 11.6 Å². The molecule has 5 heteroatoms. The highest BCUT2D eigenvalue weighted by atomic mass is 79.9. The second-order valence-electron chi connectivity index (χ2n) is 4.86. The molecular weight excluding hydrogens is 352 g/mol. The summed E-state index contributed by atoms with van der Waals surface area (Å²) < 4.78 is 8.62. The maximum Gasteiger partial charge on any atom is 0.134 e. The van der Waals surface area contributed by atoms with Crippen LogP contribution in [-0.4, -0.2) is 9.78 Å². The van der Waals surface area contributed by atoms with Crippen LogP contribution in [0.15, 0.2) is 40.9 Å². The number of hydrogen-bond donors (Lipinski definition) is 0. The third-order valence-electron chi connectivity index (χ3n) is 3.45. The second kappa shape index (κ2) is 5.70. The molecule has 108 valence electrons. The van der Waals surface area contributed by atoms with Gasteiger partial charge in [0.2, 0.25) is 0 Å². The molecule has 0 aliphatic carbocycles. The van der Waals surface area contributed by atoms with Gasteiger partial charge in [-0.1, -0.05) is 41.9 Å². The molecule has 1 heterocycles. The average Bonchev–Trinajstić information content (AvgIpc) is 2.72. The van der Waals surface area contributed by atoms with Gasteiger partial charge in [-0.25, -0.2) is 0 Å². The summed E-state index contributed by atoms with van der Waals surface area (Å²) in [5.74, 6) is 0.795. The van der Waals surface area contributed by atoms with Gasteiger partial charge < -0.3 is 4.74 Å². The maximum absolute atomic E-state index is 6.24. The number of nitrogens with zero attached hydrogens (tertiary/aromatic N) is 2. The lowest BCUT2D eigenvalue weighted by Gasteiger charge is -2.11. The summed E-state index contributed by atoms with van der Waals surface area (Å²) in [5, 5.41) is 7.25. The van der Waals surface area contributed by atoms with Gasteiger partial charge >= 0.3 is 0 Å². The van der Waals surface area contributed by atoms with Crippen molar-refractivity contribution in [3.8, 4) is 5.75 Å². The minimum Gasteiger partial charge on any atom is -0.486 e. The van der Waals surface area contributed by atoms with Crippen molar-refractivity contribution in [1.29, 1.82) is 0 Å². The average molecular weight is 366 g/mol. The zero-order chi connectivity index (χ0) is 15.0. The van der Waals surface area contributed by atoms with Gasteiger partial charge in [0.05, 0.1) is 20.9 Å². The predicted molar refractivity (Wildman–Crippen MR) is 88.9 cm³/mol. The summed E-state index contributed by atoms with van der Waals surface area (Å²) in [6, 6.07) is 12.2. The largest absolute Gasteiger partial charge is 0.486 e. The molecule has 0 saturated carbocycles. The Morgan fingerprint density at radius 2 is 2.00 bits per heavy atom. The fourth-order valence-corrected chi connectivity index (χ4v) is 3.13. The fraction of sp³-hybridized carbons (Fsp3) is 0.188. The van der Waals surface area contributed by atoms with Crippen molar-refractivity contribution < 1.29 is 4.74 Å². The molecule has 0 atom stereocenters. The minimum absolute atomic E-state index is 0.382. The molecule has 0 bridgehead atoms. The predicted octanol–water partition coefficient (Wildman–Crippen LogP) is 4.88. The Kier molecular flexibility index (Phi) is 3.91. The molecule has 0 unspecified atom stereocenters. The van der Waals surface area contributed by atoms with Crippen molar-refractivity contribution in [2.75, 3.05) is 0 Å². The summed E-state index contributed by atoms with van der Waals surface area (Å²) in [5.41, 5.74) is 1.68. The van der Waals surface area contributed by atoms with Crippen LogP contribution in [0.25, 0.3) is 10.8 Å². The molecule has 0 amide bonds. The lowest BCUT2D eigenvalue weighted by atomic mass is 10.1. The second-order valence-corrected chi connectivity index (χ2v) is 6.03. The molecule has 0 fully saturated rings. The maximum atomic E-state index is 6.24. The summed E-state index contributed by atoms with van der Waals surface area (Å²) in [7, 11) is 1.87. The molecule has 3 rings (SSSR count). The SMILES string of the molecule is Cc1nn(C)c(COc2ccc3ccccc3c2Br)c1Cl. The fourth-order valence-electron chi connectivity index (χ4n) is 2.31. The molecule has 0 aliphatic heterocycles. The van der Waals surface area contributed by atoms with Crippen LogP contribution < -0.4 is 4.74 Å². The van der Waals surface area contributed by atoms with E-state index in [2.05, 4.69) is 33.2 Å². The first-order valence-electron chi connectivity index (χ1n) is 6.56. The smallest absolute Gasteiger partial charge is 0.134 e. The third kappa shape index (κ3) is 2.65. The zero-order valence-electron chi connectivity index (χ0n) is 11.7. The number of aromatic nitrogens is 2. The summed E-state index contributed by atoms with van der Waals surface area (Å²) in [4.78, 5) is 0. The number of benzene rings is 2. The Bertz CT molecular complexity index is 813. The number of halogens is 2. The van der Waals surface area contributed by atoms with Gasteiger partial charge in [-0.05, 0) is 39.7 Å². The van der Waals surface area contributed by atoms with E-state index in [1.54, 1.807) is 4.68 Å². The molecule has 2 aromatic carbocycles. The van der Waals surface area contributed by atoms with E-state index in [-0.39, 0.29) is 0 Å². The lowest BCUT2D eigenvalue weighted by Crippen LogP contribution is -2.04. The van der Waals surface area contributed by atoms with Gasteiger partial charge in [0.1, 0.15) is 12.4 Å². The quantitative estimate of drug-likeness (QED) is 0.661. The third-order valence-corrected chi connectivity index (χ3v) is 4.76. The van der Waals surface area contributed by atoms with E-state index in [0.717, 1.165) is 27.0 Å². The Morgan fingerprint density at radius 3 is 2.71 bits per heavy atom. The first kappa shape index (κ1) is 14.4. The molecular formula is C16H14BrClN2O. The Balaban J connectivity index is 1.90. The first-order chi connectivity index (χ1) is 10.1. The number of aryl methyl sites for hydroxylation is 2. The highest BCUT2D eigenvalue weighted by Gasteiger charge is 2.13. The van der Waals surface area contributed by atoms with E-state index < -0.39 is 0 Å². The van der Waals surface area contributed by atoms with Crippen molar-refractivity contribution in [3.63, 3.8) is 0 Å². The molecule has 3 nitrogen and oxygen atoms in total. The lowest BCUT2D eigenvalue weighted by molar-refractivity contribution is 0.293. The number of fused-ring (bicyclic) bond motifs is 1. The molecule has 0 spiro atoms. The summed E-state index contributed by atoms with van der Waals surface area (Å²) in [6.45, 7) is 2.27. The molecule has 0 saturated heterocycles. The van der Waals surface area contributed by atoms with Crippen molar-refractivity contribution in [2.24, 2.45) is 7.05 Å². The normalized spacial score (nSPS) is 11.0. The summed E-state index contributed by atoms with van der Waals surface area (Å²) >= 11 is 9.86. The van der Waals surface area contributed by atoms with Crippen LogP contribution in [0, 0.1) is 6.92 Å². The van der Waals surface area contributed by atoms with Crippen LogP contribution in [0.4, 0.5) is 0 Å². The van der Waals surface area contributed by atoms with E-state index in [4.69, 9.17) is 16.3 Å². The van der Waals surface area contributed by atoms with Crippen LogP contribution in [0.5, 0.6) is 5.75 Å². The van der Waals surface area contributed by atoms with Gasteiger partial charge in [-0.15, -0.1) is 0 Å². The van der Waals surface area contributed by atoms with Crippen LogP contribution in [-0.2, 0) is 13.7 Å². The monoisotopic (exact) mass is 364 g/mol. The Labute approximate surface area is 136 Å². The molecule has 0 N–H and O–H groups in total. The number of rotatable bonds is 3. The van der Waals surface area contributed by atoms with Gasteiger partial charge in [-0.2, -0.15) is 5.10 Å². The van der Waals surface area contributed by atoms with Crippen molar-refractivity contribution >= 4 is 38.3 Å². The Hall–Kier alpha value is -1.52. The first-order valence-corrected chi connectivity index (χ1v) is 7.73. The van der Waals surface area contributed by atoms with E-state index in [1.165, 1.54) is 5.39 Å². The zero-order valence-corrected chi connectivity index (χ0v) is 14.1. The standard InChI is InChI=1S/C16H14BrClN2O/c1-10-16(18)13(20(2)19-10)9-21-14-8-7-11-5-3-4-6-12(11)15(14)17/h3-8H,9H2,1-2H3. The van der Waals surface area contributed by atoms with Crippen LogP contribution >= 0.6 is 27.5 Å². The van der Waals surface area contributed by atoms with Gasteiger partial charge in [0.15, 0.2) is 0 Å². The topological polar surface area (TPSA) is 27.1 Å². The van der Waals surface area contributed by atoms with Gasteiger partial charge in [0.25, 0.3) is 0 Å². The van der Waals surface area contributed by atoms with Crippen LogP contribution in [0.3, 0.4) is 0 Å². The van der Waals surface area contributed by atoms with Crippen molar-refractivity contribution in [2.45, 2.75) is 13.5 Å². The molecule has 21 heavy (non-hydrogen) atoms. The molecule has 0 aliphatic rings. The molecule has 3 aromatic rings. The van der Waals surface area contributed by atoms with E-state index in [9.17, 15) is 0 Å². The van der Waals surface area contributed by atoms with Crippen LogP contribution in [0.2, 0.25) is 5.02 Å². The van der Waals surface area contributed by atoms with Crippen molar-refractivity contribution in [3.05, 3.63) is 57.3 Å². The van der Waals surface area contributed by atoms with Gasteiger partial charge in [-0.3, -0.25) is 4.68 Å². The highest BCUT2D eigenvalue weighted by Crippen LogP contribution is 2.34. The molecule has 0 radical (unpaired) electrons. The van der Waals surface area contributed by atoms with Crippen LogP contribution in [0.1, 0.15) is 11.4 Å². The Morgan fingerprint density at radius 1 is 1.24 bits per heavy atom. The molecule has 1 aromatic heterocycles. The van der Waals surface area contributed by atoms with E-state index >= 15 is 0 Å².